The molecule has 3 rings (SSSR count). The lowest BCUT2D eigenvalue weighted by Gasteiger charge is -2.32. The minimum atomic E-state index is 0.674. The predicted octanol–water partition coefficient (Wildman–Crippen LogP) is 2.56. The minimum absolute atomic E-state index is 0.674. The molecule has 2 aromatic rings. The molecule has 1 saturated heterocycles. The van der Waals surface area contributed by atoms with E-state index in [9.17, 15) is 0 Å². The number of nitrogens with zero attached hydrogens (tertiary/aromatic N) is 5. The van der Waals surface area contributed by atoms with E-state index in [-0.39, 0.29) is 0 Å². The average molecular weight is 325 g/mol. The lowest BCUT2D eigenvalue weighted by Crippen LogP contribution is -2.45. The number of hydrogen-bond donors (Lipinski definition) is 0. The Bertz CT molecular complexity index is 715. The van der Waals surface area contributed by atoms with E-state index in [0.717, 1.165) is 47.6 Å². The summed E-state index contributed by atoms with van der Waals surface area (Å²) in [6.45, 7) is 6.05. The molecule has 1 fully saturated rings. The number of benzene rings is 1. The van der Waals surface area contributed by atoms with Gasteiger partial charge in [0.2, 0.25) is 5.95 Å². The highest BCUT2D eigenvalue weighted by Gasteiger charge is 2.17. The third-order valence-electron chi connectivity index (χ3n) is 3.92. The second kappa shape index (κ2) is 6.99. The monoisotopic (exact) mass is 325 g/mol. The van der Waals surface area contributed by atoms with Gasteiger partial charge in [-0.3, -0.25) is 0 Å². The Balaban J connectivity index is 1.72. The molecular weight excluding hydrogens is 306 g/mol. The first-order valence-electron chi connectivity index (χ1n) is 7.61. The Morgan fingerprint density at radius 1 is 1.13 bits per heavy atom. The Morgan fingerprint density at radius 3 is 2.43 bits per heavy atom. The fraction of sp³-hybridized carbons (Fsp3) is 0.353. The van der Waals surface area contributed by atoms with Crippen molar-refractivity contribution in [1.29, 1.82) is 5.26 Å². The summed E-state index contributed by atoms with van der Waals surface area (Å²) < 4.78 is 0. The number of anilines is 1. The molecule has 0 bridgehead atoms. The topological polar surface area (TPSA) is 56.1 Å². The number of hydrogen-bond acceptors (Lipinski definition) is 6. The van der Waals surface area contributed by atoms with E-state index in [1.807, 2.05) is 37.4 Å². The molecular formula is C17H19N5S. The molecule has 118 valence electrons. The Labute approximate surface area is 141 Å². The van der Waals surface area contributed by atoms with Crippen LogP contribution < -0.4 is 4.90 Å². The molecule has 1 aromatic heterocycles. The van der Waals surface area contributed by atoms with Gasteiger partial charge in [0.15, 0.2) is 0 Å². The molecule has 0 radical (unpaired) electrons. The zero-order valence-corrected chi connectivity index (χ0v) is 14.2. The highest BCUT2D eigenvalue weighted by atomic mass is 32.2. The van der Waals surface area contributed by atoms with Gasteiger partial charge in [0, 0.05) is 37.3 Å². The van der Waals surface area contributed by atoms with E-state index < -0.39 is 0 Å². The zero-order chi connectivity index (χ0) is 16.2. The molecule has 0 unspecified atom stereocenters. The first kappa shape index (κ1) is 15.8. The molecule has 1 aliphatic rings. The SMILES string of the molecule is Cc1nc(N2CCN(C)CC2)ncc1Sc1ccc(C#N)cc1. The molecule has 1 aliphatic heterocycles. The van der Waals surface area contributed by atoms with Crippen LogP contribution in [-0.2, 0) is 0 Å². The number of nitriles is 1. The van der Waals surface area contributed by atoms with E-state index in [4.69, 9.17) is 5.26 Å². The predicted molar refractivity (Wildman–Crippen MR) is 91.8 cm³/mol. The molecule has 1 aromatic carbocycles. The normalized spacial score (nSPS) is 15.4. The van der Waals surface area contributed by atoms with Crippen molar-refractivity contribution in [2.75, 3.05) is 38.1 Å². The number of rotatable bonds is 3. The maximum atomic E-state index is 8.85. The Kier molecular flexibility index (Phi) is 4.79. The van der Waals surface area contributed by atoms with Crippen LogP contribution in [0.3, 0.4) is 0 Å². The van der Waals surface area contributed by atoms with Crippen LogP contribution in [0.5, 0.6) is 0 Å². The summed E-state index contributed by atoms with van der Waals surface area (Å²) in [5.41, 5.74) is 1.66. The summed E-state index contributed by atoms with van der Waals surface area (Å²) in [5, 5.41) is 8.85. The van der Waals surface area contributed by atoms with Crippen molar-refractivity contribution in [2.45, 2.75) is 16.7 Å². The average Bonchev–Trinajstić information content (AvgIpc) is 2.58. The van der Waals surface area contributed by atoms with E-state index >= 15 is 0 Å². The quantitative estimate of drug-likeness (QED) is 0.864. The molecule has 23 heavy (non-hydrogen) atoms. The fourth-order valence-electron chi connectivity index (χ4n) is 2.43. The van der Waals surface area contributed by atoms with Crippen LogP contribution in [0.15, 0.2) is 40.3 Å². The summed E-state index contributed by atoms with van der Waals surface area (Å²) in [7, 11) is 2.14. The summed E-state index contributed by atoms with van der Waals surface area (Å²) in [4.78, 5) is 15.9. The number of aromatic nitrogens is 2. The molecule has 2 heterocycles. The molecule has 0 N–H and O–H groups in total. The van der Waals surface area contributed by atoms with Gasteiger partial charge < -0.3 is 9.80 Å². The van der Waals surface area contributed by atoms with Gasteiger partial charge in [-0.1, -0.05) is 11.8 Å². The van der Waals surface area contributed by atoms with Gasteiger partial charge in [0.1, 0.15) is 0 Å². The van der Waals surface area contributed by atoms with Gasteiger partial charge in [0.05, 0.1) is 22.2 Å². The van der Waals surface area contributed by atoms with Crippen LogP contribution in [0.4, 0.5) is 5.95 Å². The fourth-order valence-corrected chi connectivity index (χ4v) is 3.25. The van der Waals surface area contributed by atoms with Crippen molar-refractivity contribution in [2.24, 2.45) is 0 Å². The largest absolute Gasteiger partial charge is 0.338 e. The van der Waals surface area contributed by atoms with E-state index in [1.165, 1.54) is 0 Å². The van der Waals surface area contributed by atoms with E-state index in [2.05, 4.69) is 32.9 Å². The van der Waals surface area contributed by atoms with Crippen molar-refractivity contribution in [3.8, 4) is 6.07 Å². The second-order valence-electron chi connectivity index (χ2n) is 5.65. The highest BCUT2D eigenvalue weighted by Crippen LogP contribution is 2.30. The summed E-state index contributed by atoms with van der Waals surface area (Å²) in [5.74, 6) is 0.819. The third kappa shape index (κ3) is 3.81. The standard InChI is InChI=1S/C17H19N5S/c1-13-16(23-15-5-3-14(11-18)4-6-15)12-19-17(20-13)22-9-7-21(2)8-10-22/h3-6,12H,7-10H2,1-2H3. The van der Waals surface area contributed by atoms with E-state index in [1.54, 1.807) is 11.8 Å². The Hall–Kier alpha value is -2.10. The first-order chi connectivity index (χ1) is 11.2. The van der Waals surface area contributed by atoms with Crippen molar-refractivity contribution in [3.05, 3.63) is 41.7 Å². The van der Waals surface area contributed by atoms with Gasteiger partial charge in [-0.25, -0.2) is 9.97 Å². The van der Waals surface area contributed by atoms with Crippen molar-refractivity contribution in [1.82, 2.24) is 14.9 Å². The molecule has 0 saturated carbocycles. The number of likely N-dealkylation sites (N-methyl/N-ethyl adjacent to an activating group) is 1. The van der Waals surface area contributed by atoms with Gasteiger partial charge in [-0.05, 0) is 38.2 Å². The lowest BCUT2D eigenvalue weighted by molar-refractivity contribution is 0.311. The molecule has 5 nitrogen and oxygen atoms in total. The van der Waals surface area contributed by atoms with Gasteiger partial charge in [-0.2, -0.15) is 5.26 Å². The molecule has 0 aliphatic carbocycles. The summed E-state index contributed by atoms with van der Waals surface area (Å²) in [6, 6.07) is 9.71. The molecule has 0 spiro atoms. The summed E-state index contributed by atoms with van der Waals surface area (Å²) in [6.07, 6.45) is 1.90. The highest BCUT2D eigenvalue weighted by molar-refractivity contribution is 7.99. The van der Waals surface area contributed by atoms with Crippen LogP contribution in [-0.4, -0.2) is 48.1 Å². The zero-order valence-electron chi connectivity index (χ0n) is 13.4. The van der Waals surface area contributed by atoms with Gasteiger partial charge in [-0.15, -0.1) is 0 Å². The number of aryl methyl sites for hydroxylation is 1. The molecule has 0 atom stereocenters. The van der Waals surface area contributed by atoms with Crippen molar-refractivity contribution >= 4 is 17.7 Å². The van der Waals surface area contributed by atoms with Crippen LogP contribution in [0.25, 0.3) is 0 Å². The maximum absolute atomic E-state index is 8.85. The van der Waals surface area contributed by atoms with E-state index in [0.29, 0.717) is 5.56 Å². The maximum Gasteiger partial charge on any atom is 0.225 e. The van der Waals surface area contributed by atoms with Crippen LogP contribution in [0.1, 0.15) is 11.3 Å². The first-order valence-corrected chi connectivity index (χ1v) is 8.42. The lowest BCUT2D eigenvalue weighted by atomic mass is 10.2. The van der Waals surface area contributed by atoms with Crippen LogP contribution in [0, 0.1) is 18.3 Å². The van der Waals surface area contributed by atoms with Crippen LogP contribution >= 0.6 is 11.8 Å². The second-order valence-corrected chi connectivity index (χ2v) is 6.76. The van der Waals surface area contributed by atoms with Crippen molar-refractivity contribution in [3.63, 3.8) is 0 Å². The third-order valence-corrected chi connectivity index (χ3v) is 5.05. The number of piperazine rings is 1. The van der Waals surface area contributed by atoms with Gasteiger partial charge >= 0.3 is 0 Å². The molecule has 6 heteroatoms. The molecule has 0 amide bonds. The van der Waals surface area contributed by atoms with Crippen molar-refractivity contribution < 1.29 is 0 Å². The van der Waals surface area contributed by atoms with Crippen LogP contribution in [0.2, 0.25) is 0 Å². The Morgan fingerprint density at radius 2 is 1.83 bits per heavy atom. The smallest absolute Gasteiger partial charge is 0.225 e. The minimum Gasteiger partial charge on any atom is -0.338 e. The van der Waals surface area contributed by atoms with Gasteiger partial charge in [0.25, 0.3) is 0 Å². The summed E-state index contributed by atoms with van der Waals surface area (Å²) >= 11 is 1.63.